The zero-order valence-corrected chi connectivity index (χ0v) is 15.4. The molecule has 10 heteroatoms. The fourth-order valence-electron chi connectivity index (χ4n) is 4.11. The van der Waals surface area contributed by atoms with Crippen LogP contribution in [0, 0.1) is 0 Å². The normalized spacial score (nSPS) is 23.1. The molecule has 1 aromatic carbocycles. The third-order valence-corrected chi connectivity index (χ3v) is 5.60. The SMILES string of the molecule is O=C(c1cc2n(n1)[C@H](C(F)(F)F)C[C@@H](c1ccc3c(c1)OCO3)N2)N1CCCC1. The molecule has 29 heavy (non-hydrogen) atoms. The quantitative estimate of drug-likeness (QED) is 0.824. The number of anilines is 1. The molecular formula is C19H19F3N4O3. The highest BCUT2D eigenvalue weighted by Crippen LogP contribution is 2.45. The summed E-state index contributed by atoms with van der Waals surface area (Å²) in [6.07, 6.45) is -2.94. The van der Waals surface area contributed by atoms with Crippen molar-refractivity contribution in [1.29, 1.82) is 0 Å². The molecule has 3 aliphatic rings. The van der Waals surface area contributed by atoms with Crippen LogP contribution in [0.5, 0.6) is 11.5 Å². The summed E-state index contributed by atoms with van der Waals surface area (Å²) in [6.45, 7) is 1.31. The number of carbonyl (C=O) groups is 1. The second-order valence-corrected chi connectivity index (χ2v) is 7.46. The molecule has 4 heterocycles. The van der Waals surface area contributed by atoms with Gasteiger partial charge in [-0.3, -0.25) is 4.79 Å². The van der Waals surface area contributed by atoms with Crippen molar-refractivity contribution in [2.45, 2.75) is 37.5 Å². The predicted octanol–water partition coefficient (Wildman–Crippen LogP) is 3.51. The molecule has 0 bridgehead atoms. The number of nitrogens with zero attached hydrogens (tertiary/aromatic N) is 3. The minimum atomic E-state index is -4.49. The first-order valence-corrected chi connectivity index (χ1v) is 9.52. The Labute approximate surface area is 164 Å². The number of hydrogen-bond donors (Lipinski definition) is 1. The maximum atomic E-state index is 13.8. The second kappa shape index (κ2) is 6.57. The van der Waals surface area contributed by atoms with Crippen LogP contribution in [-0.4, -0.2) is 46.6 Å². The Morgan fingerprint density at radius 3 is 2.66 bits per heavy atom. The number of fused-ring (bicyclic) bond motifs is 2. The number of hydrogen-bond acceptors (Lipinski definition) is 5. The first-order valence-electron chi connectivity index (χ1n) is 9.52. The fourth-order valence-corrected chi connectivity index (χ4v) is 4.11. The Kier molecular flexibility index (Phi) is 4.11. The topological polar surface area (TPSA) is 68.6 Å². The van der Waals surface area contributed by atoms with Crippen molar-refractivity contribution in [3.63, 3.8) is 0 Å². The zero-order chi connectivity index (χ0) is 20.2. The summed E-state index contributed by atoms with van der Waals surface area (Å²) in [5.74, 6) is 0.938. The Bertz CT molecular complexity index is 953. The van der Waals surface area contributed by atoms with E-state index in [1.807, 2.05) is 0 Å². The smallest absolute Gasteiger partial charge is 0.410 e. The predicted molar refractivity (Wildman–Crippen MR) is 96.0 cm³/mol. The van der Waals surface area contributed by atoms with Crippen LogP contribution in [0.2, 0.25) is 0 Å². The lowest BCUT2D eigenvalue weighted by molar-refractivity contribution is -0.173. The van der Waals surface area contributed by atoms with Gasteiger partial charge in [0.05, 0.1) is 6.04 Å². The van der Waals surface area contributed by atoms with Gasteiger partial charge in [-0.15, -0.1) is 0 Å². The molecule has 1 amide bonds. The van der Waals surface area contributed by atoms with E-state index in [-0.39, 0.29) is 30.6 Å². The van der Waals surface area contributed by atoms with Crippen molar-refractivity contribution >= 4 is 11.7 Å². The Morgan fingerprint density at radius 1 is 1.14 bits per heavy atom. The molecule has 0 saturated carbocycles. The summed E-state index contributed by atoms with van der Waals surface area (Å²) < 4.78 is 52.9. The van der Waals surface area contributed by atoms with Gasteiger partial charge >= 0.3 is 6.18 Å². The largest absolute Gasteiger partial charge is 0.454 e. The molecular weight excluding hydrogens is 389 g/mol. The van der Waals surface area contributed by atoms with Gasteiger partial charge in [-0.25, -0.2) is 4.68 Å². The molecule has 154 valence electrons. The summed E-state index contributed by atoms with van der Waals surface area (Å²) in [5.41, 5.74) is 0.693. The number of rotatable bonds is 2. The molecule has 0 radical (unpaired) electrons. The van der Waals surface area contributed by atoms with Crippen molar-refractivity contribution in [2.75, 3.05) is 25.2 Å². The molecule has 5 rings (SSSR count). The van der Waals surface area contributed by atoms with Crippen molar-refractivity contribution in [3.05, 3.63) is 35.5 Å². The highest BCUT2D eigenvalue weighted by atomic mass is 19.4. The lowest BCUT2D eigenvalue weighted by Gasteiger charge is -2.33. The molecule has 0 unspecified atom stereocenters. The van der Waals surface area contributed by atoms with Crippen molar-refractivity contribution < 1.29 is 27.4 Å². The summed E-state index contributed by atoms with van der Waals surface area (Å²) in [7, 11) is 0. The highest BCUT2D eigenvalue weighted by molar-refractivity contribution is 5.93. The second-order valence-electron chi connectivity index (χ2n) is 7.46. The monoisotopic (exact) mass is 408 g/mol. The van der Waals surface area contributed by atoms with Crippen LogP contribution >= 0.6 is 0 Å². The van der Waals surface area contributed by atoms with Gasteiger partial charge in [0.15, 0.2) is 23.2 Å². The van der Waals surface area contributed by atoms with Crippen LogP contribution in [-0.2, 0) is 0 Å². The third-order valence-electron chi connectivity index (χ3n) is 5.60. The Hall–Kier alpha value is -2.91. The van der Waals surface area contributed by atoms with Crippen molar-refractivity contribution in [2.24, 2.45) is 0 Å². The summed E-state index contributed by atoms with van der Waals surface area (Å²) >= 11 is 0. The zero-order valence-electron chi connectivity index (χ0n) is 15.4. The number of likely N-dealkylation sites (tertiary alicyclic amines) is 1. The number of aromatic nitrogens is 2. The first-order chi connectivity index (χ1) is 13.9. The van der Waals surface area contributed by atoms with E-state index < -0.39 is 18.3 Å². The number of amides is 1. The lowest BCUT2D eigenvalue weighted by Crippen LogP contribution is -2.36. The molecule has 1 N–H and O–H groups in total. The average Bonchev–Trinajstić information content (AvgIpc) is 3.45. The summed E-state index contributed by atoms with van der Waals surface area (Å²) in [6, 6.07) is 4.09. The minimum absolute atomic E-state index is 0.0370. The lowest BCUT2D eigenvalue weighted by atomic mass is 9.96. The van der Waals surface area contributed by atoms with Crippen LogP contribution in [0.4, 0.5) is 19.0 Å². The standard InChI is InChI=1S/C19H19F3N4O3/c20-19(21,22)16-8-12(11-3-4-14-15(7-11)29-10-28-14)23-17-9-13(24-26(16)17)18(27)25-5-1-2-6-25/h3-4,7,9,12,16,23H,1-2,5-6,8,10H2/t12-,16-/m0/s1. The van der Waals surface area contributed by atoms with Gasteiger partial charge in [-0.2, -0.15) is 18.3 Å². The van der Waals surface area contributed by atoms with Crippen molar-refractivity contribution in [1.82, 2.24) is 14.7 Å². The Balaban J connectivity index is 1.48. The molecule has 1 saturated heterocycles. The van der Waals surface area contributed by atoms with E-state index in [2.05, 4.69) is 10.4 Å². The van der Waals surface area contributed by atoms with Crippen LogP contribution < -0.4 is 14.8 Å². The minimum Gasteiger partial charge on any atom is -0.454 e. The van der Waals surface area contributed by atoms with E-state index in [0.717, 1.165) is 17.5 Å². The maximum Gasteiger partial charge on any atom is 0.410 e. The van der Waals surface area contributed by atoms with Crippen LogP contribution in [0.25, 0.3) is 0 Å². The van der Waals surface area contributed by atoms with Crippen LogP contribution in [0.1, 0.15) is 47.4 Å². The molecule has 1 aromatic heterocycles. The van der Waals surface area contributed by atoms with Gasteiger partial charge in [0.1, 0.15) is 5.82 Å². The number of halogens is 3. The molecule has 2 atom stereocenters. The third kappa shape index (κ3) is 3.16. The van der Waals surface area contributed by atoms with Gasteiger partial charge in [0.25, 0.3) is 5.91 Å². The Morgan fingerprint density at radius 2 is 1.90 bits per heavy atom. The number of nitrogens with one attached hydrogen (secondary N) is 1. The van der Waals surface area contributed by atoms with E-state index in [0.29, 0.717) is 30.2 Å². The van der Waals surface area contributed by atoms with E-state index in [1.165, 1.54) is 6.07 Å². The van der Waals surface area contributed by atoms with Gasteiger partial charge in [0, 0.05) is 25.6 Å². The highest BCUT2D eigenvalue weighted by Gasteiger charge is 2.47. The van der Waals surface area contributed by atoms with Crippen LogP contribution in [0.15, 0.2) is 24.3 Å². The van der Waals surface area contributed by atoms with Crippen molar-refractivity contribution in [3.8, 4) is 11.5 Å². The molecule has 7 nitrogen and oxygen atoms in total. The number of ether oxygens (including phenoxy) is 2. The van der Waals surface area contributed by atoms with Crippen LogP contribution in [0.3, 0.4) is 0 Å². The number of benzene rings is 1. The maximum absolute atomic E-state index is 13.8. The van der Waals surface area contributed by atoms with Gasteiger partial charge < -0.3 is 19.7 Å². The number of carbonyl (C=O) groups excluding carboxylic acids is 1. The molecule has 3 aliphatic heterocycles. The van der Waals surface area contributed by atoms with Gasteiger partial charge in [-0.05, 0) is 30.5 Å². The summed E-state index contributed by atoms with van der Waals surface area (Å²) in [4.78, 5) is 14.2. The van der Waals surface area contributed by atoms with E-state index >= 15 is 0 Å². The van der Waals surface area contributed by atoms with E-state index in [4.69, 9.17) is 9.47 Å². The average molecular weight is 408 g/mol. The van der Waals surface area contributed by atoms with Gasteiger partial charge in [-0.1, -0.05) is 6.07 Å². The van der Waals surface area contributed by atoms with Gasteiger partial charge in [0.2, 0.25) is 6.79 Å². The molecule has 1 fully saturated rings. The first kappa shape index (κ1) is 18.1. The number of alkyl halides is 3. The molecule has 0 aliphatic carbocycles. The van der Waals surface area contributed by atoms with E-state index in [1.54, 1.807) is 23.1 Å². The van der Waals surface area contributed by atoms with E-state index in [9.17, 15) is 18.0 Å². The fraction of sp³-hybridized carbons (Fsp3) is 0.474. The summed E-state index contributed by atoms with van der Waals surface area (Å²) in [5, 5.41) is 7.13. The molecule has 0 spiro atoms. The molecule has 2 aromatic rings.